The summed E-state index contributed by atoms with van der Waals surface area (Å²) in [5.41, 5.74) is 2.86. The van der Waals surface area contributed by atoms with Gasteiger partial charge in [0, 0.05) is 25.7 Å². The third-order valence-electron chi connectivity index (χ3n) is 4.53. The van der Waals surface area contributed by atoms with Gasteiger partial charge in [0.25, 0.3) is 0 Å². The van der Waals surface area contributed by atoms with Crippen LogP contribution < -0.4 is 0 Å². The summed E-state index contributed by atoms with van der Waals surface area (Å²) in [6.45, 7) is 4.77. The molecule has 0 bridgehead atoms. The van der Waals surface area contributed by atoms with Crippen molar-refractivity contribution in [1.82, 2.24) is 25.1 Å². The van der Waals surface area contributed by atoms with E-state index in [4.69, 9.17) is 0 Å². The van der Waals surface area contributed by atoms with E-state index in [0.717, 1.165) is 51.1 Å². The molecule has 0 saturated heterocycles. The molecule has 0 amide bonds. The second kappa shape index (κ2) is 7.66. The lowest BCUT2D eigenvalue weighted by atomic mass is 10.1. The second-order valence-corrected chi connectivity index (χ2v) is 6.12. The molecule has 1 unspecified atom stereocenters. The van der Waals surface area contributed by atoms with Crippen LogP contribution in [0.5, 0.6) is 0 Å². The zero-order valence-corrected chi connectivity index (χ0v) is 13.7. The average molecular weight is 315 g/mol. The monoisotopic (exact) mass is 315 g/mol. The summed E-state index contributed by atoms with van der Waals surface area (Å²) >= 11 is 0. The molecule has 1 heterocycles. The van der Waals surface area contributed by atoms with Gasteiger partial charge in [-0.15, -0.1) is 5.10 Å². The number of nitrogens with zero attached hydrogens (tertiary/aromatic N) is 5. The number of aliphatic hydroxyl groups excluding tert-OH is 1. The van der Waals surface area contributed by atoms with Crippen molar-refractivity contribution in [3.63, 3.8) is 0 Å². The number of aryl methyl sites for hydroxylation is 2. The fourth-order valence-corrected chi connectivity index (χ4v) is 3.44. The Morgan fingerprint density at radius 1 is 1.35 bits per heavy atom. The van der Waals surface area contributed by atoms with Crippen molar-refractivity contribution in [2.24, 2.45) is 0 Å². The topological polar surface area (TPSA) is 67.1 Å². The predicted octanol–water partition coefficient (Wildman–Crippen LogP) is 1.95. The molecule has 2 aromatic rings. The lowest BCUT2D eigenvalue weighted by Gasteiger charge is -2.29. The van der Waals surface area contributed by atoms with Gasteiger partial charge < -0.3 is 5.11 Å². The molecule has 1 aromatic heterocycles. The van der Waals surface area contributed by atoms with E-state index >= 15 is 0 Å². The third kappa shape index (κ3) is 3.59. The summed E-state index contributed by atoms with van der Waals surface area (Å²) in [6.07, 6.45) is 4.03. The molecule has 23 heavy (non-hydrogen) atoms. The van der Waals surface area contributed by atoms with Gasteiger partial charge in [0.15, 0.2) is 5.82 Å². The minimum Gasteiger partial charge on any atom is -0.396 e. The molecule has 1 aliphatic rings. The van der Waals surface area contributed by atoms with Crippen molar-refractivity contribution in [2.75, 3.05) is 13.2 Å². The molecular weight excluding hydrogens is 290 g/mol. The van der Waals surface area contributed by atoms with E-state index in [1.54, 1.807) is 0 Å². The van der Waals surface area contributed by atoms with Gasteiger partial charge in [-0.2, -0.15) is 0 Å². The first-order valence-corrected chi connectivity index (χ1v) is 8.51. The highest BCUT2D eigenvalue weighted by Crippen LogP contribution is 2.36. The van der Waals surface area contributed by atoms with Gasteiger partial charge in [0.05, 0.1) is 6.54 Å². The molecule has 0 radical (unpaired) electrons. The highest BCUT2D eigenvalue weighted by Gasteiger charge is 2.28. The fraction of sp³-hybridized carbons (Fsp3) is 0.588. The van der Waals surface area contributed by atoms with Crippen LogP contribution in [0.4, 0.5) is 0 Å². The molecule has 3 rings (SSSR count). The van der Waals surface area contributed by atoms with E-state index in [0.29, 0.717) is 6.04 Å². The lowest BCUT2D eigenvalue weighted by molar-refractivity contribution is 0.159. The van der Waals surface area contributed by atoms with Crippen molar-refractivity contribution < 1.29 is 5.11 Å². The maximum Gasteiger partial charge on any atom is 0.165 e. The Kier molecular flexibility index (Phi) is 5.35. The standard InChI is InChI=1S/C17H25N5O/c1-2-10-22-17(18-19-20-22)13-21(11-5-12-23)16-9-8-14-6-3-4-7-15(14)16/h3-4,6-7,16,23H,2,5,8-13H2,1H3. The number of hydrogen-bond donors (Lipinski definition) is 1. The summed E-state index contributed by atoms with van der Waals surface area (Å²) in [6, 6.07) is 9.07. The maximum atomic E-state index is 9.25. The molecule has 0 aliphatic heterocycles. The summed E-state index contributed by atoms with van der Waals surface area (Å²) in [4.78, 5) is 2.42. The molecule has 1 N–H and O–H groups in total. The molecule has 1 aliphatic carbocycles. The van der Waals surface area contributed by atoms with Gasteiger partial charge >= 0.3 is 0 Å². The molecule has 6 nitrogen and oxygen atoms in total. The van der Waals surface area contributed by atoms with Crippen LogP contribution in [0, 0.1) is 0 Å². The largest absolute Gasteiger partial charge is 0.396 e. The van der Waals surface area contributed by atoms with Crippen molar-refractivity contribution in [1.29, 1.82) is 0 Å². The van der Waals surface area contributed by atoms with Crippen LogP contribution >= 0.6 is 0 Å². The van der Waals surface area contributed by atoms with Crippen molar-refractivity contribution in [3.05, 3.63) is 41.2 Å². The maximum absolute atomic E-state index is 9.25. The number of hydrogen-bond acceptors (Lipinski definition) is 5. The van der Waals surface area contributed by atoms with E-state index in [-0.39, 0.29) is 6.61 Å². The second-order valence-electron chi connectivity index (χ2n) is 6.12. The summed E-state index contributed by atoms with van der Waals surface area (Å²) in [7, 11) is 0. The molecule has 0 saturated carbocycles. The highest BCUT2D eigenvalue weighted by molar-refractivity contribution is 5.34. The normalized spacial score (nSPS) is 16.9. The minimum absolute atomic E-state index is 0.213. The Bertz CT molecular complexity index is 627. The van der Waals surface area contributed by atoms with Gasteiger partial charge in [-0.25, -0.2) is 4.68 Å². The smallest absolute Gasteiger partial charge is 0.165 e. The van der Waals surface area contributed by atoms with Crippen molar-refractivity contribution in [2.45, 2.75) is 51.7 Å². The first-order valence-electron chi connectivity index (χ1n) is 8.51. The van der Waals surface area contributed by atoms with Crippen molar-refractivity contribution >= 4 is 0 Å². The van der Waals surface area contributed by atoms with Crippen LogP contribution in [-0.2, 0) is 19.5 Å². The van der Waals surface area contributed by atoms with E-state index in [2.05, 4.69) is 51.6 Å². The van der Waals surface area contributed by atoms with E-state index in [1.807, 2.05) is 4.68 Å². The Morgan fingerprint density at radius 3 is 3.04 bits per heavy atom. The summed E-state index contributed by atoms with van der Waals surface area (Å²) < 4.78 is 1.90. The fourth-order valence-electron chi connectivity index (χ4n) is 3.44. The summed E-state index contributed by atoms with van der Waals surface area (Å²) in [5.74, 6) is 0.911. The van der Waals surface area contributed by atoms with Crippen LogP contribution in [0.3, 0.4) is 0 Å². The SMILES string of the molecule is CCCn1nnnc1CN(CCCO)C1CCc2ccccc21. The Hall–Kier alpha value is -1.79. The molecule has 124 valence electrons. The van der Waals surface area contributed by atoms with E-state index in [9.17, 15) is 5.11 Å². The number of benzene rings is 1. The number of aliphatic hydroxyl groups is 1. The zero-order chi connectivity index (χ0) is 16.1. The van der Waals surface area contributed by atoms with Gasteiger partial charge in [0.2, 0.25) is 0 Å². The molecular formula is C17H25N5O. The van der Waals surface area contributed by atoms with Crippen LogP contribution in [0.1, 0.15) is 49.2 Å². The first-order chi connectivity index (χ1) is 11.3. The Morgan fingerprint density at radius 2 is 2.22 bits per heavy atom. The predicted molar refractivity (Wildman–Crippen MR) is 87.7 cm³/mol. The van der Waals surface area contributed by atoms with E-state index < -0.39 is 0 Å². The van der Waals surface area contributed by atoms with Gasteiger partial charge in [-0.1, -0.05) is 31.2 Å². The van der Waals surface area contributed by atoms with Gasteiger partial charge in [-0.05, 0) is 47.2 Å². The van der Waals surface area contributed by atoms with Crippen LogP contribution in [0.2, 0.25) is 0 Å². The Balaban J connectivity index is 1.80. The molecule has 1 aromatic carbocycles. The van der Waals surface area contributed by atoms with Crippen LogP contribution in [0.25, 0.3) is 0 Å². The van der Waals surface area contributed by atoms with Gasteiger partial charge in [-0.3, -0.25) is 4.90 Å². The first kappa shape index (κ1) is 16.1. The molecule has 1 atom stereocenters. The third-order valence-corrected chi connectivity index (χ3v) is 4.53. The zero-order valence-electron chi connectivity index (χ0n) is 13.7. The highest BCUT2D eigenvalue weighted by atomic mass is 16.3. The number of tetrazole rings is 1. The Labute approximate surface area is 137 Å². The average Bonchev–Trinajstić information content (AvgIpc) is 3.19. The number of rotatable bonds is 8. The van der Waals surface area contributed by atoms with Crippen LogP contribution in [0.15, 0.2) is 24.3 Å². The number of fused-ring (bicyclic) bond motifs is 1. The van der Waals surface area contributed by atoms with Gasteiger partial charge in [0.1, 0.15) is 0 Å². The summed E-state index contributed by atoms with van der Waals surface area (Å²) in [5, 5.41) is 21.4. The quantitative estimate of drug-likeness (QED) is 0.806. The van der Waals surface area contributed by atoms with Crippen molar-refractivity contribution in [3.8, 4) is 0 Å². The lowest BCUT2D eigenvalue weighted by Crippen LogP contribution is -2.30. The number of aromatic nitrogens is 4. The minimum atomic E-state index is 0.213. The van der Waals surface area contributed by atoms with E-state index in [1.165, 1.54) is 11.1 Å². The molecule has 0 fully saturated rings. The molecule has 6 heteroatoms. The van der Waals surface area contributed by atoms with Crippen LogP contribution in [-0.4, -0.2) is 43.4 Å². The molecule has 0 spiro atoms.